The number of rotatable bonds is 6. The molecule has 0 saturated carbocycles. The lowest BCUT2D eigenvalue weighted by atomic mass is 9.99. The number of nitriles is 1. The summed E-state index contributed by atoms with van der Waals surface area (Å²) in [6.45, 7) is 12.2. The van der Waals surface area contributed by atoms with E-state index in [0.717, 1.165) is 5.03 Å². The number of nitrogens with zero attached hydrogens (tertiary/aromatic N) is 2. The maximum absolute atomic E-state index is 10.6. The lowest BCUT2D eigenvalue weighted by molar-refractivity contribution is -0.114. The number of carbonyl (C=O) groups excluding carboxylic acids is 1. The van der Waals surface area contributed by atoms with Gasteiger partial charge in [-0.05, 0) is 62.4 Å². The molecule has 0 atom stereocenters. The predicted molar refractivity (Wildman–Crippen MR) is 116 cm³/mol. The van der Waals surface area contributed by atoms with Crippen LogP contribution in [-0.4, -0.2) is 16.5 Å². The van der Waals surface area contributed by atoms with E-state index in [-0.39, 0.29) is 5.78 Å². The summed E-state index contributed by atoms with van der Waals surface area (Å²) in [6.07, 6.45) is 5.34. The Morgan fingerprint density at radius 2 is 1.89 bits per heavy atom. The molecule has 0 radical (unpaired) electrons. The van der Waals surface area contributed by atoms with Crippen molar-refractivity contribution in [3.05, 3.63) is 58.8 Å². The van der Waals surface area contributed by atoms with Crippen LogP contribution in [0.3, 0.4) is 0 Å². The lowest BCUT2D eigenvalue weighted by Crippen LogP contribution is -1.93. The molecule has 1 aromatic heterocycles. The van der Waals surface area contributed by atoms with Gasteiger partial charge in [-0.15, -0.1) is 0 Å². The molecule has 146 valence electrons. The molecule has 0 saturated heterocycles. The minimum Gasteiger partial charge on any atom is -0.299 e. The summed E-state index contributed by atoms with van der Waals surface area (Å²) < 4.78 is 0. The maximum Gasteiger partial charge on any atom is 0.140 e. The van der Waals surface area contributed by atoms with Crippen LogP contribution in [0.1, 0.15) is 62.8 Å². The standard InChI is InChI=1S/C12H18.C9H8N2OS.C2H6/c1-4-5-8-12-9-6-7-10(2)11(12)3;1-7(12)6-13-9-3-2-8(4-10)5-11-9;1-2/h6-7,9H,4-5,8H2,1-3H3;2-3,5H,6H2,1H3;1-2H3. The van der Waals surface area contributed by atoms with Crippen LogP contribution in [0, 0.1) is 25.2 Å². The molecule has 4 heteroatoms. The number of Topliss-reactive ketones (excluding diaryl/α,β-unsaturated/α-hetero) is 1. The Hall–Kier alpha value is -2.12. The number of ketones is 1. The molecule has 0 unspecified atom stereocenters. The van der Waals surface area contributed by atoms with Crippen molar-refractivity contribution in [3.8, 4) is 6.07 Å². The van der Waals surface area contributed by atoms with Crippen LogP contribution in [0.25, 0.3) is 0 Å². The average molecular weight is 385 g/mol. The minimum absolute atomic E-state index is 0.121. The molecule has 27 heavy (non-hydrogen) atoms. The number of aromatic nitrogens is 1. The van der Waals surface area contributed by atoms with E-state index < -0.39 is 0 Å². The summed E-state index contributed by atoms with van der Waals surface area (Å²) in [5.74, 6) is 0.551. The van der Waals surface area contributed by atoms with Crippen molar-refractivity contribution in [2.45, 2.75) is 65.8 Å². The molecule has 2 rings (SSSR count). The van der Waals surface area contributed by atoms with E-state index in [0.29, 0.717) is 11.3 Å². The van der Waals surface area contributed by atoms with Crippen LogP contribution in [-0.2, 0) is 11.2 Å². The molecule has 2 aromatic rings. The van der Waals surface area contributed by atoms with Crippen molar-refractivity contribution < 1.29 is 4.79 Å². The quantitative estimate of drug-likeness (QED) is 0.548. The fourth-order valence-corrected chi connectivity index (χ4v) is 2.80. The highest BCUT2D eigenvalue weighted by Crippen LogP contribution is 2.15. The Labute approximate surface area is 169 Å². The molecule has 0 bridgehead atoms. The van der Waals surface area contributed by atoms with Gasteiger partial charge in [-0.3, -0.25) is 4.79 Å². The Kier molecular flexibility index (Phi) is 13.8. The van der Waals surface area contributed by atoms with Crippen LogP contribution >= 0.6 is 11.8 Å². The summed E-state index contributed by atoms with van der Waals surface area (Å²) in [6, 6.07) is 12.0. The number of thioether (sulfide) groups is 1. The largest absolute Gasteiger partial charge is 0.299 e. The normalized spacial score (nSPS) is 9.22. The van der Waals surface area contributed by atoms with Gasteiger partial charge >= 0.3 is 0 Å². The van der Waals surface area contributed by atoms with E-state index in [9.17, 15) is 4.79 Å². The fourth-order valence-electron chi connectivity index (χ4n) is 2.16. The van der Waals surface area contributed by atoms with E-state index in [1.807, 2.05) is 19.9 Å². The van der Waals surface area contributed by atoms with Gasteiger partial charge in [-0.25, -0.2) is 4.98 Å². The van der Waals surface area contributed by atoms with Gasteiger partial charge in [0.15, 0.2) is 0 Å². The SMILES string of the molecule is CC.CC(=O)CSc1ccc(C#N)cn1.CCCCc1cccc(C)c1C. The lowest BCUT2D eigenvalue weighted by Gasteiger charge is -2.06. The first kappa shape index (κ1) is 24.9. The third-order valence-corrected chi connectivity index (χ3v) is 4.89. The van der Waals surface area contributed by atoms with E-state index in [2.05, 4.69) is 44.0 Å². The van der Waals surface area contributed by atoms with Crippen molar-refractivity contribution in [2.75, 3.05) is 5.75 Å². The molecule has 1 aromatic carbocycles. The zero-order chi connectivity index (χ0) is 20.7. The molecular formula is C23H32N2OS. The number of hydrogen-bond acceptors (Lipinski definition) is 4. The predicted octanol–water partition coefficient (Wildman–Crippen LogP) is 6.31. The van der Waals surface area contributed by atoms with Crippen molar-refractivity contribution in [1.82, 2.24) is 4.98 Å². The first-order chi connectivity index (χ1) is 13.0. The zero-order valence-corrected chi connectivity index (χ0v) is 18.3. The van der Waals surface area contributed by atoms with Crippen LogP contribution in [0.2, 0.25) is 0 Å². The Morgan fingerprint density at radius 3 is 2.41 bits per heavy atom. The number of benzene rings is 1. The summed E-state index contributed by atoms with van der Waals surface area (Å²) >= 11 is 1.38. The van der Waals surface area contributed by atoms with Crippen LogP contribution in [0.15, 0.2) is 41.6 Å². The third-order valence-electron chi connectivity index (χ3n) is 3.81. The highest BCUT2D eigenvalue weighted by Gasteiger charge is 1.99. The number of unbranched alkanes of at least 4 members (excludes halogenated alkanes) is 1. The molecule has 1 heterocycles. The molecular weight excluding hydrogens is 352 g/mol. The van der Waals surface area contributed by atoms with E-state index in [1.165, 1.54) is 60.8 Å². The van der Waals surface area contributed by atoms with Crippen LogP contribution < -0.4 is 0 Å². The Morgan fingerprint density at radius 1 is 1.19 bits per heavy atom. The monoisotopic (exact) mass is 384 g/mol. The second kappa shape index (κ2) is 15.0. The highest BCUT2D eigenvalue weighted by atomic mass is 32.2. The summed E-state index contributed by atoms with van der Waals surface area (Å²) in [5.41, 5.74) is 4.96. The van der Waals surface area contributed by atoms with Crippen molar-refractivity contribution >= 4 is 17.5 Å². The van der Waals surface area contributed by atoms with E-state index in [4.69, 9.17) is 5.26 Å². The molecule has 0 aliphatic rings. The number of hydrogen-bond donors (Lipinski definition) is 0. The number of pyridine rings is 1. The summed E-state index contributed by atoms with van der Waals surface area (Å²) in [4.78, 5) is 14.6. The zero-order valence-electron chi connectivity index (χ0n) is 17.5. The van der Waals surface area contributed by atoms with Crippen molar-refractivity contribution in [3.63, 3.8) is 0 Å². The molecule has 0 N–H and O–H groups in total. The van der Waals surface area contributed by atoms with Gasteiger partial charge < -0.3 is 0 Å². The Bertz CT molecular complexity index is 718. The second-order valence-electron chi connectivity index (χ2n) is 5.95. The van der Waals surface area contributed by atoms with Crippen LogP contribution in [0.5, 0.6) is 0 Å². The van der Waals surface area contributed by atoms with E-state index >= 15 is 0 Å². The van der Waals surface area contributed by atoms with Crippen molar-refractivity contribution in [2.24, 2.45) is 0 Å². The Balaban J connectivity index is 0.000000460. The summed E-state index contributed by atoms with van der Waals surface area (Å²) in [5, 5.41) is 9.27. The molecule has 0 aliphatic carbocycles. The first-order valence-electron chi connectivity index (χ1n) is 9.51. The van der Waals surface area contributed by atoms with Gasteiger partial charge in [0.05, 0.1) is 16.3 Å². The molecule has 0 spiro atoms. The maximum atomic E-state index is 10.6. The highest BCUT2D eigenvalue weighted by molar-refractivity contribution is 7.99. The molecule has 0 aliphatic heterocycles. The van der Waals surface area contributed by atoms with Gasteiger partial charge in [-0.1, -0.05) is 57.2 Å². The van der Waals surface area contributed by atoms with Crippen molar-refractivity contribution in [1.29, 1.82) is 5.26 Å². The minimum atomic E-state index is 0.121. The molecule has 0 amide bonds. The van der Waals surface area contributed by atoms with Gasteiger partial charge in [0, 0.05) is 6.20 Å². The summed E-state index contributed by atoms with van der Waals surface area (Å²) in [7, 11) is 0. The number of aryl methyl sites for hydroxylation is 2. The van der Waals surface area contributed by atoms with Gasteiger partial charge in [0.25, 0.3) is 0 Å². The smallest absolute Gasteiger partial charge is 0.140 e. The van der Waals surface area contributed by atoms with Gasteiger partial charge in [-0.2, -0.15) is 5.26 Å². The molecule has 0 fully saturated rings. The van der Waals surface area contributed by atoms with Crippen LogP contribution in [0.4, 0.5) is 0 Å². The third kappa shape index (κ3) is 10.6. The van der Waals surface area contributed by atoms with Gasteiger partial charge in [0.2, 0.25) is 0 Å². The first-order valence-corrected chi connectivity index (χ1v) is 10.5. The number of carbonyl (C=O) groups is 1. The topological polar surface area (TPSA) is 53.8 Å². The average Bonchev–Trinajstić information content (AvgIpc) is 2.70. The fraction of sp³-hybridized carbons (Fsp3) is 0.435. The van der Waals surface area contributed by atoms with Gasteiger partial charge in [0.1, 0.15) is 11.9 Å². The van der Waals surface area contributed by atoms with E-state index in [1.54, 1.807) is 12.1 Å². The second-order valence-corrected chi connectivity index (χ2v) is 6.95. The molecule has 3 nitrogen and oxygen atoms in total.